The van der Waals surface area contributed by atoms with E-state index in [1.54, 1.807) is 6.92 Å². The molecule has 0 fully saturated rings. The van der Waals surface area contributed by atoms with Gasteiger partial charge in [-0.25, -0.2) is 5.10 Å². The fraction of sp³-hybridized carbons (Fsp3) is 0.0909. The highest BCUT2D eigenvalue weighted by Gasteiger charge is 2.07. The van der Waals surface area contributed by atoms with Gasteiger partial charge < -0.3 is 10.2 Å². The van der Waals surface area contributed by atoms with Gasteiger partial charge >= 0.3 is 0 Å². The smallest absolute Gasteiger partial charge is 0.264 e. The summed E-state index contributed by atoms with van der Waals surface area (Å²) >= 11 is 0. The van der Waals surface area contributed by atoms with E-state index in [0.29, 0.717) is 16.8 Å². The van der Waals surface area contributed by atoms with Crippen LogP contribution in [0.15, 0.2) is 29.1 Å². The summed E-state index contributed by atoms with van der Waals surface area (Å²) in [6.45, 7) is 1.61. The van der Waals surface area contributed by atoms with Crippen LogP contribution in [0.4, 0.5) is 0 Å². The molecule has 1 heterocycles. The highest BCUT2D eigenvalue weighted by Crippen LogP contribution is 2.31. The Balaban J connectivity index is 2.56. The topological polar surface area (TPSA) is 86.2 Å². The molecule has 1 aromatic carbocycles. The van der Waals surface area contributed by atoms with Crippen molar-refractivity contribution in [2.24, 2.45) is 0 Å². The molecular weight excluding hydrogens is 208 g/mol. The first-order valence-electron chi connectivity index (χ1n) is 4.66. The fourth-order valence-corrected chi connectivity index (χ4v) is 1.34. The van der Waals surface area contributed by atoms with Crippen LogP contribution < -0.4 is 5.56 Å². The van der Waals surface area contributed by atoms with Crippen LogP contribution in [0, 0.1) is 6.92 Å². The van der Waals surface area contributed by atoms with Gasteiger partial charge in [0.15, 0.2) is 0 Å². The van der Waals surface area contributed by atoms with Crippen LogP contribution in [0.5, 0.6) is 11.5 Å². The Morgan fingerprint density at radius 2 is 1.81 bits per heavy atom. The van der Waals surface area contributed by atoms with Gasteiger partial charge in [0.2, 0.25) is 0 Å². The second-order valence-electron chi connectivity index (χ2n) is 3.45. The number of nitrogens with one attached hydrogen (secondary N) is 1. The molecule has 0 saturated carbocycles. The Bertz CT molecular complexity index is 547. The molecule has 0 aliphatic carbocycles. The lowest BCUT2D eigenvalue weighted by Gasteiger charge is -2.05. The van der Waals surface area contributed by atoms with Crippen molar-refractivity contribution in [3.05, 3.63) is 40.2 Å². The standard InChI is InChI=1S/C11H10N2O3/c1-6-9(14)4-7(5-10(6)15)8-2-3-11(16)13-12-8/h2-5,14-15H,1H3,(H,13,16). The molecular formula is C11H10N2O3. The minimum Gasteiger partial charge on any atom is -0.508 e. The Hall–Kier alpha value is -2.30. The minimum absolute atomic E-state index is 0.0111. The first-order valence-corrected chi connectivity index (χ1v) is 4.66. The molecule has 1 aromatic heterocycles. The third kappa shape index (κ3) is 1.75. The number of hydrogen-bond acceptors (Lipinski definition) is 4. The predicted octanol–water partition coefficient (Wildman–Crippen LogP) is 1.16. The van der Waals surface area contributed by atoms with Crippen molar-refractivity contribution in [1.82, 2.24) is 10.2 Å². The number of nitrogens with zero attached hydrogens (tertiary/aromatic N) is 1. The largest absolute Gasteiger partial charge is 0.508 e. The van der Waals surface area contributed by atoms with Crippen molar-refractivity contribution in [2.45, 2.75) is 6.92 Å². The summed E-state index contributed by atoms with van der Waals surface area (Å²) in [5.41, 5.74) is 1.12. The van der Waals surface area contributed by atoms with E-state index >= 15 is 0 Å². The van der Waals surface area contributed by atoms with Gasteiger partial charge in [0.25, 0.3) is 5.56 Å². The molecule has 0 aliphatic rings. The average molecular weight is 218 g/mol. The molecule has 16 heavy (non-hydrogen) atoms. The Morgan fingerprint density at radius 3 is 2.31 bits per heavy atom. The highest BCUT2D eigenvalue weighted by molar-refractivity contribution is 5.65. The molecule has 82 valence electrons. The van der Waals surface area contributed by atoms with Gasteiger partial charge in [0.05, 0.1) is 5.69 Å². The summed E-state index contributed by atoms with van der Waals surface area (Å²) in [5, 5.41) is 25.2. The lowest BCUT2D eigenvalue weighted by atomic mass is 10.1. The lowest BCUT2D eigenvalue weighted by molar-refractivity contribution is 0.443. The number of phenols is 2. The zero-order chi connectivity index (χ0) is 11.7. The molecule has 3 N–H and O–H groups in total. The first kappa shape index (κ1) is 10.2. The zero-order valence-corrected chi connectivity index (χ0v) is 8.56. The number of rotatable bonds is 1. The maximum Gasteiger partial charge on any atom is 0.264 e. The summed E-state index contributed by atoms with van der Waals surface area (Å²) in [5.74, 6) is -0.0222. The van der Waals surface area contributed by atoms with Crippen molar-refractivity contribution in [1.29, 1.82) is 0 Å². The third-order valence-electron chi connectivity index (χ3n) is 2.33. The van der Waals surface area contributed by atoms with E-state index in [-0.39, 0.29) is 17.1 Å². The molecule has 0 unspecified atom stereocenters. The van der Waals surface area contributed by atoms with Gasteiger partial charge in [0.1, 0.15) is 11.5 Å². The Morgan fingerprint density at radius 1 is 1.19 bits per heavy atom. The van der Waals surface area contributed by atoms with Crippen molar-refractivity contribution < 1.29 is 10.2 Å². The summed E-state index contributed by atoms with van der Waals surface area (Å²) in [7, 11) is 0. The van der Waals surface area contributed by atoms with Gasteiger partial charge in [-0.3, -0.25) is 4.79 Å². The molecule has 2 aromatic rings. The van der Waals surface area contributed by atoms with E-state index in [4.69, 9.17) is 0 Å². The lowest BCUT2D eigenvalue weighted by Crippen LogP contribution is -2.05. The SMILES string of the molecule is Cc1c(O)cc(-c2ccc(=O)[nH]n2)cc1O. The van der Waals surface area contributed by atoms with E-state index in [1.165, 1.54) is 24.3 Å². The van der Waals surface area contributed by atoms with E-state index in [1.807, 2.05) is 0 Å². The molecule has 0 radical (unpaired) electrons. The van der Waals surface area contributed by atoms with E-state index in [0.717, 1.165) is 0 Å². The first-order chi connectivity index (χ1) is 7.58. The van der Waals surface area contributed by atoms with Gasteiger partial charge in [-0.05, 0) is 25.1 Å². The van der Waals surface area contributed by atoms with Crippen molar-refractivity contribution >= 4 is 0 Å². The Labute approximate surface area is 91.0 Å². The number of hydrogen-bond donors (Lipinski definition) is 3. The number of benzene rings is 1. The normalized spacial score (nSPS) is 10.3. The average Bonchev–Trinajstić information content (AvgIpc) is 2.26. The second kappa shape index (κ2) is 3.69. The number of aromatic nitrogens is 2. The molecule has 0 saturated heterocycles. The van der Waals surface area contributed by atoms with Gasteiger partial charge in [-0.1, -0.05) is 0 Å². The number of aromatic amines is 1. The molecule has 5 heteroatoms. The third-order valence-corrected chi connectivity index (χ3v) is 2.33. The van der Waals surface area contributed by atoms with Crippen molar-refractivity contribution in [2.75, 3.05) is 0 Å². The quantitative estimate of drug-likeness (QED) is 0.670. The predicted molar refractivity (Wildman–Crippen MR) is 58.4 cm³/mol. The van der Waals surface area contributed by atoms with E-state index in [9.17, 15) is 15.0 Å². The maximum absolute atomic E-state index is 10.8. The van der Waals surface area contributed by atoms with Crippen LogP contribution in [0.2, 0.25) is 0 Å². The number of H-pyrrole nitrogens is 1. The molecule has 2 rings (SSSR count). The fourth-order valence-electron chi connectivity index (χ4n) is 1.34. The highest BCUT2D eigenvalue weighted by atomic mass is 16.3. The van der Waals surface area contributed by atoms with Gasteiger partial charge in [-0.15, -0.1) is 0 Å². The van der Waals surface area contributed by atoms with Crippen molar-refractivity contribution in [3.63, 3.8) is 0 Å². The van der Waals surface area contributed by atoms with Gasteiger partial charge in [-0.2, -0.15) is 5.10 Å². The minimum atomic E-state index is -0.302. The second-order valence-corrected chi connectivity index (χ2v) is 3.45. The molecule has 0 spiro atoms. The van der Waals surface area contributed by atoms with Crippen LogP contribution in [-0.2, 0) is 0 Å². The summed E-state index contributed by atoms with van der Waals surface area (Å²) in [4.78, 5) is 10.8. The van der Waals surface area contributed by atoms with E-state index < -0.39 is 0 Å². The summed E-state index contributed by atoms with van der Waals surface area (Å²) in [6.07, 6.45) is 0. The zero-order valence-electron chi connectivity index (χ0n) is 8.56. The maximum atomic E-state index is 10.8. The van der Waals surface area contributed by atoms with Crippen LogP contribution in [-0.4, -0.2) is 20.4 Å². The van der Waals surface area contributed by atoms with Crippen LogP contribution in [0.3, 0.4) is 0 Å². The van der Waals surface area contributed by atoms with Crippen LogP contribution in [0.25, 0.3) is 11.3 Å². The molecule has 0 bridgehead atoms. The number of aromatic hydroxyl groups is 2. The van der Waals surface area contributed by atoms with Crippen molar-refractivity contribution in [3.8, 4) is 22.8 Å². The Kier molecular flexibility index (Phi) is 2.36. The molecule has 0 atom stereocenters. The molecule has 0 aliphatic heterocycles. The molecule has 0 amide bonds. The number of phenolic OH excluding ortho intramolecular Hbond substituents is 2. The van der Waals surface area contributed by atoms with Crippen LogP contribution >= 0.6 is 0 Å². The van der Waals surface area contributed by atoms with E-state index in [2.05, 4.69) is 10.2 Å². The van der Waals surface area contributed by atoms with Gasteiger partial charge in [0, 0.05) is 17.2 Å². The summed E-state index contributed by atoms with van der Waals surface area (Å²) in [6, 6.07) is 5.81. The molecule has 5 nitrogen and oxygen atoms in total. The monoisotopic (exact) mass is 218 g/mol. The van der Waals surface area contributed by atoms with Crippen LogP contribution in [0.1, 0.15) is 5.56 Å². The summed E-state index contributed by atoms with van der Waals surface area (Å²) < 4.78 is 0.